The van der Waals surface area contributed by atoms with Gasteiger partial charge in [-0.1, -0.05) is 0 Å². The van der Waals surface area contributed by atoms with Crippen LogP contribution in [0.3, 0.4) is 0 Å². The van der Waals surface area contributed by atoms with Gasteiger partial charge in [-0.25, -0.2) is 0 Å². The summed E-state index contributed by atoms with van der Waals surface area (Å²) >= 11 is 0. The summed E-state index contributed by atoms with van der Waals surface area (Å²) in [4.78, 5) is 9.00. The van der Waals surface area contributed by atoms with E-state index in [9.17, 15) is 0 Å². The van der Waals surface area contributed by atoms with Crippen LogP contribution in [0.4, 0.5) is 0 Å². The summed E-state index contributed by atoms with van der Waals surface area (Å²) < 4.78 is 2.14. The highest BCUT2D eigenvalue weighted by Crippen LogP contribution is 2.27. The Labute approximate surface area is 129 Å². The zero-order valence-electron chi connectivity index (χ0n) is 12.7. The minimum absolute atomic E-state index is 0.478. The van der Waals surface area contributed by atoms with Crippen LogP contribution in [0, 0.1) is 6.92 Å². The van der Waals surface area contributed by atoms with Gasteiger partial charge in [-0.3, -0.25) is 14.6 Å². The van der Waals surface area contributed by atoms with E-state index >= 15 is 0 Å². The van der Waals surface area contributed by atoms with Crippen LogP contribution in [0.25, 0.3) is 22.2 Å². The number of hydrogen-bond acceptors (Lipinski definition) is 4. The zero-order valence-corrected chi connectivity index (χ0v) is 12.7. The molecule has 0 amide bonds. The fourth-order valence-electron chi connectivity index (χ4n) is 3.19. The van der Waals surface area contributed by atoms with Gasteiger partial charge in [-0.15, -0.1) is 0 Å². The van der Waals surface area contributed by atoms with Gasteiger partial charge in [0.2, 0.25) is 0 Å². The largest absolute Gasteiger partial charge is 0.317 e. The van der Waals surface area contributed by atoms with Gasteiger partial charge >= 0.3 is 0 Å². The highest BCUT2D eigenvalue weighted by atomic mass is 15.3. The van der Waals surface area contributed by atoms with Crippen LogP contribution >= 0.6 is 0 Å². The molecule has 1 aliphatic rings. The monoisotopic (exact) mass is 293 g/mol. The van der Waals surface area contributed by atoms with Crippen LogP contribution < -0.4 is 5.32 Å². The molecule has 3 aromatic rings. The van der Waals surface area contributed by atoms with Crippen LogP contribution in [-0.4, -0.2) is 32.8 Å². The molecule has 0 aliphatic carbocycles. The molecule has 0 unspecified atom stereocenters. The van der Waals surface area contributed by atoms with E-state index in [4.69, 9.17) is 0 Å². The molecule has 3 aromatic heterocycles. The van der Waals surface area contributed by atoms with Gasteiger partial charge in [0.25, 0.3) is 0 Å². The van der Waals surface area contributed by atoms with Crippen molar-refractivity contribution in [2.24, 2.45) is 0 Å². The average molecular weight is 293 g/mol. The van der Waals surface area contributed by atoms with Gasteiger partial charge in [-0.2, -0.15) is 5.10 Å². The Morgan fingerprint density at radius 3 is 2.86 bits per heavy atom. The summed E-state index contributed by atoms with van der Waals surface area (Å²) in [6.45, 7) is 4.14. The van der Waals surface area contributed by atoms with E-state index in [0.29, 0.717) is 6.04 Å². The number of aryl methyl sites for hydroxylation is 1. The van der Waals surface area contributed by atoms with Crippen LogP contribution in [0.2, 0.25) is 0 Å². The third-order valence-corrected chi connectivity index (χ3v) is 4.42. The summed E-state index contributed by atoms with van der Waals surface area (Å²) in [5.41, 5.74) is 4.17. The van der Waals surface area contributed by atoms with Gasteiger partial charge in [0, 0.05) is 22.8 Å². The number of fused-ring (bicyclic) bond motifs is 1. The molecule has 1 aliphatic heterocycles. The van der Waals surface area contributed by atoms with Crippen molar-refractivity contribution >= 4 is 10.9 Å². The SMILES string of the molecule is Cc1ncccc1-c1cc2cnn(C3CCNCC3)c2cn1. The summed E-state index contributed by atoms with van der Waals surface area (Å²) in [5.74, 6) is 0. The first-order chi connectivity index (χ1) is 10.8. The molecular formula is C17H19N5. The number of rotatable bonds is 2. The van der Waals surface area contributed by atoms with Crippen LogP contribution in [0.5, 0.6) is 0 Å². The summed E-state index contributed by atoms with van der Waals surface area (Å²) in [6.07, 6.45) is 7.97. The number of pyridine rings is 2. The molecule has 22 heavy (non-hydrogen) atoms. The van der Waals surface area contributed by atoms with Gasteiger partial charge in [-0.05, 0) is 51.1 Å². The molecule has 1 fully saturated rings. The molecule has 1 N–H and O–H groups in total. The molecule has 0 bridgehead atoms. The first kappa shape index (κ1) is 13.4. The van der Waals surface area contributed by atoms with Gasteiger partial charge in [0.15, 0.2) is 0 Å². The summed E-state index contributed by atoms with van der Waals surface area (Å²) in [7, 11) is 0. The Morgan fingerprint density at radius 1 is 1.18 bits per heavy atom. The molecule has 5 heteroatoms. The second-order valence-electron chi connectivity index (χ2n) is 5.84. The van der Waals surface area contributed by atoms with E-state index in [2.05, 4.69) is 37.2 Å². The Balaban J connectivity index is 1.75. The molecule has 0 atom stereocenters. The quantitative estimate of drug-likeness (QED) is 0.789. The average Bonchev–Trinajstić information content (AvgIpc) is 2.99. The third-order valence-electron chi connectivity index (χ3n) is 4.42. The Morgan fingerprint density at radius 2 is 2.05 bits per heavy atom. The standard InChI is InChI=1S/C17H19N5/c1-12-15(3-2-6-19-12)16-9-13-10-21-22(17(13)11-20-16)14-4-7-18-8-5-14/h2-3,6,9-11,14,18H,4-5,7-8H2,1H3. The molecule has 112 valence electrons. The number of piperidine rings is 1. The van der Waals surface area contributed by atoms with Gasteiger partial charge in [0.05, 0.1) is 29.6 Å². The van der Waals surface area contributed by atoms with E-state index in [1.165, 1.54) is 0 Å². The second-order valence-corrected chi connectivity index (χ2v) is 5.84. The van der Waals surface area contributed by atoms with Crippen molar-refractivity contribution < 1.29 is 0 Å². The molecular weight excluding hydrogens is 274 g/mol. The minimum Gasteiger partial charge on any atom is -0.317 e. The van der Waals surface area contributed by atoms with Crippen LogP contribution in [-0.2, 0) is 0 Å². The lowest BCUT2D eigenvalue weighted by atomic mass is 10.1. The molecule has 0 saturated carbocycles. The van der Waals surface area contributed by atoms with E-state index < -0.39 is 0 Å². The summed E-state index contributed by atoms with van der Waals surface area (Å²) in [6, 6.07) is 6.61. The number of hydrogen-bond donors (Lipinski definition) is 1. The molecule has 0 spiro atoms. The smallest absolute Gasteiger partial charge is 0.0869 e. The first-order valence-corrected chi connectivity index (χ1v) is 7.79. The molecule has 1 saturated heterocycles. The lowest BCUT2D eigenvalue weighted by Gasteiger charge is -2.23. The minimum atomic E-state index is 0.478. The van der Waals surface area contributed by atoms with Gasteiger partial charge in [0.1, 0.15) is 0 Å². The highest BCUT2D eigenvalue weighted by molar-refractivity contribution is 5.82. The maximum Gasteiger partial charge on any atom is 0.0869 e. The topological polar surface area (TPSA) is 55.6 Å². The highest BCUT2D eigenvalue weighted by Gasteiger charge is 2.18. The van der Waals surface area contributed by atoms with Crippen molar-refractivity contribution in [1.29, 1.82) is 0 Å². The van der Waals surface area contributed by atoms with E-state index in [0.717, 1.165) is 53.8 Å². The van der Waals surface area contributed by atoms with Crippen molar-refractivity contribution in [3.05, 3.63) is 42.5 Å². The second kappa shape index (κ2) is 5.50. The maximum atomic E-state index is 4.65. The number of nitrogens with zero attached hydrogens (tertiary/aromatic N) is 4. The Hall–Kier alpha value is -2.27. The number of nitrogens with one attached hydrogen (secondary N) is 1. The van der Waals surface area contributed by atoms with Crippen molar-refractivity contribution in [3.8, 4) is 11.3 Å². The van der Waals surface area contributed by atoms with Crippen LogP contribution in [0.1, 0.15) is 24.6 Å². The van der Waals surface area contributed by atoms with Crippen molar-refractivity contribution in [2.75, 3.05) is 13.1 Å². The van der Waals surface area contributed by atoms with Crippen molar-refractivity contribution in [2.45, 2.75) is 25.8 Å². The Kier molecular flexibility index (Phi) is 3.35. The third kappa shape index (κ3) is 2.27. The lowest BCUT2D eigenvalue weighted by Crippen LogP contribution is -2.29. The predicted molar refractivity (Wildman–Crippen MR) is 86.6 cm³/mol. The molecule has 0 radical (unpaired) electrons. The molecule has 4 rings (SSSR count). The maximum absolute atomic E-state index is 4.65. The van der Waals surface area contributed by atoms with Crippen LogP contribution in [0.15, 0.2) is 36.8 Å². The van der Waals surface area contributed by atoms with E-state index in [1.54, 1.807) is 0 Å². The fraction of sp³-hybridized carbons (Fsp3) is 0.353. The van der Waals surface area contributed by atoms with Crippen molar-refractivity contribution in [1.82, 2.24) is 25.1 Å². The zero-order chi connectivity index (χ0) is 14.9. The van der Waals surface area contributed by atoms with E-state index in [1.807, 2.05) is 31.6 Å². The normalized spacial score (nSPS) is 16.2. The fourth-order valence-corrected chi connectivity index (χ4v) is 3.19. The number of aromatic nitrogens is 4. The Bertz CT molecular complexity index is 802. The molecule has 0 aromatic carbocycles. The molecule has 5 nitrogen and oxygen atoms in total. The van der Waals surface area contributed by atoms with Crippen molar-refractivity contribution in [3.63, 3.8) is 0 Å². The molecule has 4 heterocycles. The van der Waals surface area contributed by atoms with Gasteiger partial charge < -0.3 is 5.32 Å². The lowest BCUT2D eigenvalue weighted by molar-refractivity contribution is 0.351. The first-order valence-electron chi connectivity index (χ1n) is 7.79. The van der Waals surface area contributed by atoms with E-state index in [-0.39, 0.29) is 0 Å². The predicted octanol–water partition coefficient (Wildman–Crippen LogP) is 2.73. The summed E-state index contributed by atoms with van der Waals surface area (Å²) in [5, 5.41) is 9.15.